The predicted molar refractivity (Wildman–Crippen MR) is 136 cm³/mol. The molecule has 2 aliphatic heterocycles. The average molecular weight is 566 g/mol. The fourth-order valence-electron chi connectivity index (χ4n) is 6.06. The van der Waals surface area contributed by atoms with E-state index in [9.17, 15) is 34.1 Å². The van der Waals surface area contributed by atoms with Crippen LogP contribution in [0, 0.1) is 30.5 Å². The predicted octanol–water partition coefficient (Wildman–Crippen LogP) is 1.30. The molecule has 40 heavy (non-hydrogen) atoms. The van der Waals surface area contributed by atoms with E-state index in [4.69, 9.17) is 9.47 Å². The number of hydrogen-bond donors (Lipinski definition) is 0. The van der Waals surface area contributed by atoms with Crippen molar-refractivity contribution in [1.82, 2.24) is 0 Å². The molecule has 0 radical (unpaired) electrons. The van der Waals surface area contributed by atoms with Crippen LogP contribution in [0.15, 0.2) is 54.6 Å². The molecule has 2 bridgehead atoms. The average Bonchev–Trinajstić information content (AvgIpc) is 3.52. The molecule has 1 aromatic heterocycles. The fraction of sp³-hybridized carbons (Fsp3) is 0.367. The number of rotatable bonds is 10. The van der Waals surface area contributed by atoms with Gasteiger partial charge in [0.2, 0.25) is 0 Å². The van der Waals surface area contributed by atoms with E-state index in [1.165, 1.54) is 12.1 Å². The van der Waals surface area contributed by atoms with Crippen LogP contribution in [-0.4, -0.2) is 30.6 Å². The van der Waals surface area contributed by atoms with E-state index in [-0.39, 0.29) is 12.4 Å². The quantitative estimate of drug-likeness (QED) is 0.359. The Kier molecular flexibility index (Phi) is 7.76. The molecule has 210 valence electrons. The summed E-state index contributed by atoms with van der Waals surface area (Å²) >= 11 is 1.57. The number of hydrogen-bond acceptors (Lipinski definition) is 9. The molecule has 3 heterocycles. The lowest BCUT2D eigenvalue weighted by Crippen LogP contribution is -2.53. The molecular formula is C30H26FO8S-3. The van der Waals surface area contributed by atoms with E-state index in [0.717, 1.165) is 26.4 Å². The Balaban J connectivity index is 1.50. The van der Waals surface area contributed by atoms with Crippen LogP contribution in [0.3, 0.4) is 0 Å². The van der Waals surface area contributed by atoms with E-state index in [0.29, 0.717) is 12.0 Å². The van der Waals surface area contributed by atoms with Gasteiger partial charge in [0.15, 0.2) is 5.79 Å². The molecule has 2 aliphatic rings. The number of aliphatic carboxylic acids is 3. The first-order valence-electron chi connectivity index (χ1n) is 12.9. The molecule has 5 rings (SSSR count). The smallest absolute Gasteiger partial charge is 0.198 e. The molecule has 0 saturated carbocycles. The van der Waals surface area contributed by atoms with Crippen LogP contribution in [0.25, 0.3) is 10.4 Å². The SMILES string of the molecule is Cc1ccc(C23OC[C@H](O2)[C@H](CC(=O)[O-])[C@H](CC(=O)[O-])[C@H]3CC(=O)[O-])cc1Cc1ccc(-c2ccc(F)cc2)s1. The van der Waals surface area contributed by atoms with Crippen LogP contribution in [0.1, 0.15) is 40.8 Å². The Morgan fingerprint density at radius 2 is 1.60 bits per heavy atom. The van der Waals surface area contributed by atoms with Crippen LogP contribution in [0.4, 0.5) is 4.39 Å². The standard InChI is InChI=1S/C30H29FO8S/c1-16-2-5-19(10-18(16)11-21-8-9-26(40-21)17-3-6-20(31)7-4-17)30-24(14-29(36)37)22(12-27(32)33)23(13-28(34)35)25(39-30)15-38-30/h2-10,22-25H,11-15H2,1H3,(H,32,33)(H,34,35)(H,36,37)/p-3/t22-,23+,24+,25-,30?/m0/s1. The minimum absolute atomic E-state index is 0.0276. The van der Waals surface area contributed by atoms with Crippen molar-refractivity contribution in [2.45, 2.75) is 44.5 Å². The highest BCUT2D eigenvalue weighted by Crippen LogP contribution is 2.55. The van der Waals surface area contributed by atoms with Gasteiger partial charge in [-0.2, -0.15) is 0 Å². The number of carbonyl (C=O) groups is 3. The van der Waals surface area contributed by atoms with Crippen molar-refractivity contribution in [2.75, 3.05) is 6.61 Å². The third-order valence-electron chi connectivity index (χ3n) is 7.92. The number of halogens is 1. The summed E-state index contributed by atoms with van der Waals surface area (Å²) in [6, 6.07) is 15.7. The summed E-state index contributed by atoms with van der Waals surface area (Å²) in [7, 11) is 0. The number of carbonyl (C=O) groups excluding carboxylic acids is 3. The Hall–Kier alpha value is -3.60. The van der Waals surface area contributed by atoms with Crippen LogP contribution in [0.2, 0.25) is 0 Å². The van der Waals surface area contributed by atoms with Crippen LogP contribution in [0.5, 0.6) is 0 Å². The maximum atomic E-state index is 13.3. The first-order chi connectivity index (χ1) is 19.1. The van der Waals surface area contributed by atoms with Gasteiger partial charge in [0.1, 0.15) is 5.82 Å². The third kappa shape index (κ3) is 5.52. The van der Waals surface area contributed by atoms with Gasteiger partial charge in [-0.25, -0.2) is 4.39 Å². The molecule has 0 aliphatic carbocycles. The van der Waals surface area contributed by atoms with Gasteiger partial charge < -0.3 is 39.2 Å². The molecule has 0 N–H and O–H groups in total. The van der Waals surface area contributed by atoms with Crippen LogP contribution in [-0.2, 0) is 36.1 Å². The molecule has 0 amide bonds. The molecule has 2 fully saturated rings. The van der Waals surface area contributed by atoms with E-state index in [1.807, 2.05) is 31.2 Å². The molecule has 5 atom stereocenters. The lowest BCUT2D eigenvalue weighted by atomic mass is 9.67. The molecular weight excluding hydrogens is 539 g/mol. The van der Waals surface area contributed by atoms with Gasteiger partial charge in [-0.05, 0) is 85.0 Å². The van der Waals surface area contributed by atoms with Crippen LogP contribution < -0.4 is 15.3 Å². The zero-order valence-corrected chi connectivity index (χ0v) is 22.4. The zero-order chi connectivity index (χ0) is 28.6. The molecule has 1 unspecified atom stereocenters. The van der Waals surface area contributed by atoms with Gasteiger partial charge in [-0.3, -0.25) is 0 Å². The van der Waals surface area contributed by atoms with Crippen molar-refractivity contribution in [1.29, 1.82) is 0 Å². The maximum absolute atomic E-state index is 13.3. The van der Waals surface area contributed by atoms with Gasteiger partial charge >= 0.3 is 0 Å². The Morgan fingerprint density at radius 1 is 0.925 bits per heavy atom. The van der Waals surface area contributed by atoms with Gasteiger partial charge in [-0.15, -0.1) is 11.3 Å². The van der Waals surface area contributed by atoms with Crippen molar-refractivity contribution in [3.63, 3.8) is 0 Å². The number of fused-ring (bicyclic) bond motifs is 2. The summed E-state index contributed by atoms with van der Waals surface area (Å²) in [5.41, 5.74) is 3.32. The highest BCUT2D eigenvalue weighted by Gasteiger charge is 2.60. The number of ether oxygens (including phenoxy) is 2. The fourth-order valence-corrected chi connectivity index (χ4v) is 7.10. The second kappa shape index (κ2) is 11.1. The Labute approximate surface area is 234 Å². The summed E-state index contributed by atoms with van der Waals surface area (Å²) in [6.45, 7) is 1.92. The number of carboxylic acids is 3. The number of thiophene rings is 1. The zero-order valence-electron chi connectivity index (χ0n) is 21.6. The first-order valence-corrected chi connectivity index (χ1v) is 13.7. The van der Waals surface area contributed by atoms with Crippen molar-refractivity contribution in [2.24, 2.45) is 17.8 Å². The maximum Gasteiger partial charge on any atom is 0.198 e. The summed E-state index contributed by atoms with van der Waals surface area (Å²) in [5, 5.41) is 35.0. The molecule has 8 nitrogen and oxygen atoms in total. The Bertz CT molecular complexity index is 1430. The number of benzene rings is 2. The minimum Gasteiger partial charge on any atom is -0.550 e. The molecule has 0 spiro atoms. The lowest BCUT2D eigenvalue weighted by molar-refractivity contribution is -0.327. The first kappa shape index (κ1) is 27.9. The summed E-state index contributed by atoms with van der Waals surface area (Å²) in [4.78, 5) is 37.1. The van der Waals surface area contributed by atoms with Crippen molar-refractivity contribution in [3.8, 4) is 10.4 Å². The second-order valence-electron chi connectivity index (χ2n) is 10.4. The van der Waals surface area contributed by atoms with Gasteiger partial charge in [0, 0.05) is 45.6 Å². The van der Waals surface area contributed by atoms with Gasteiger partial charge in [-0.1, -0.05) is 24.3 Å². The van der Waals surface area contributed by atoms with E-state index >= 15 is 0 Å². The minimum atomic E-state index is -1.59. The molecule has 10 heteroatoms. The second-order valence-corrected chi connectivity index (χ2v) is 11.6. The molecule has 3 aromatic rings. The van der Waals surface area contributed by atoms with E-state index < -0.39 is 66.8 Å². The summed E-state index contributed by atoms with van der Waals surface area (Å²) < 4.78 is 25.8. The Morgan fingerprint density at radius 3 is 2.27 bits per heavy atom. The normalized spacial score (nSPS) is 25.6. The van der Waals surface area contributed by atoms with Crippen LogP contribution >= 0.6 is 11.3 Å². The number of aryl methyl sites for hydroxylation is 1. The number of carboxylic acid groups (broad SMARTS) is 3. The van der Waals surface area contributed by atoms with E-state index in [2.05, 4.69) is 0 Å². The van der Waals surface area contributed by atoms with E-state index in [1.54, 1.807) is 29.5 Å². The highest BCUT2D eigenvalue weighted by atomic mass is 32.1. The topological polar surface area (TPSA) is 139 Å². The van der Waals surface area contributed by atoms with Gasteiger partial charge in [0.05, 0.1) is 12.7 Å². The summed E-state index contributed by atoms with van der Waals surface area (Å²) in [6.07, 6.45) is -1.86. The molecule has 2 aromatic carbocycles. The van der Waals surface area contributed by atoms with Crippen molar-refractivity contribution < 1.29 is 43.6 Å². The molecule has 2 saturated heterocycles. The lowest BCUT2D eigenvalue weighted by Gasteiger charge is -2.48. The summed E-state index contributed by atoms with van der Waals surface area (Å²) in [5.74, 6) is -8.93. The largest absolute Gasteiger partial charge is 0.550 e. The third-order valence-corrected chi connectivity index (χ3v) is 9.05. The van der Waals surface area contributed by atoms with Crippen molar-refractivity contribution in [3.05, 3.63) is 82.0 Å². The van der Waals surface area contributed by atoms with Crippen molar-refractivity contribution >= 4 is 29.2 Å². The monoisotopic (exact) mass is 565 g/mol. The van der Waals surface area contributed by atoms with Gasteiger partial charge in [0.25, 0.3) is 0 Å². The highest BCUT2D eigenvalue weighted by molar-refractivity contribution is 7.15.